The van der Waals surface area contributed by atoms with Crippen molar-refractivity contribution in [2.45, 2.75) is 52.4 Å². The van der Waals surface area contributed by atoms with Crippen LogP contribution in [0.3, 0.4) is 0 Å². The number of fused-ring (bicyclic) bond motifs is 1. The Morgan fingerprint density at radius 3 is 2.65 bits per heavy atom. The van der Waals surface area contributed by atoms with Gasteiger partial charge in [0.2, 0.25) is 6.79 Å². The molecule has 1 atom stereocenters. The summed E-state index contributed by atoms with van der Waals surface area (Å²) in [6, 6.07) is 7.02. The Kier molecular flexibility index (Phi) is 6.16. The van der Waals surface area contributed by atoms with E-state index in [9.17, 15) is 0 Å². The molecule has 3 aliphatic rings. The van der Waals surface area contributed by atoms with Crippen molar-refractivity contribution < 1.29 is 9.47 Å². The summed E-state index contributed by atoms with van der Waals surface area (Å²) in [4.78, 5) is 7.93. The number of piperidine rings is 1. The molecule has 0 bridgehead atoms. The Bertz CT molecular complexity index is 890. The molecular weight excluding hydrogens is 390 g/mol. The summed E-state index contributed by atoms with van der Waals surface area (Å²) in [5.41, 5.74) is 3.88. The van der Waals surface area contributed by atoms with Gasteiger partial charge >= 0.3 is 0 Å². The molecule has 0 amide bonds. The fraction of sp³-hybridized carbons (Fsp3) is 0.625. The van der Waals surface area contributed by atoms with Crippen LogP contribution in [0, 0.1) is 6.92 Å². The van der Waals surface area contributed by atoms with Crippen LogP contribution < -0.4 is 9.47 Å². The molecular formula is C24H35N5O2. The highest BCUT2D eigenvalue weighted by molar-refractivity contribution is 5.44. The van der Waals surface area contributed by atoms with Crippen LogP contribution in [0.25, 0.3) is 0 Å². The van der Waals surface area contributed by atoms with E-state index in [0.29, 0.717) is 12.8 Å². The lowest BCUT2D eigenvalue weighted by atomic mass is 10.0. The fourth-order valence-corrected chi connectivity index (χ4v) is 5.17. The van der Waals surface area contributed by atoms with Crippen molar-refractivity contribution >= 4 is 0 Å². The van der Waals surface area contributed by atoms with Gasteiger partial charge in [-0.25, -0.2) is 0 Å². The minimum Gasteiger partial charge on any atom is -0.454 e. The summed E-state index contributed by atoms with van der Waals surface area (Å²) in [5.74, 6) is 1.76. The van der Waals surface area contributed by atoms with Crippen molar-refractivity contribution in [1.82, 2.24) is 24.5 Å². The van der Waals surface area contributed by atoms with Gasteiger partial charge in [-0.1, -0.05) is 6.07 Å². The zero-order chi connectivity index (χ0) is 21.2. The molecule has 2 saturated heterocycles. The lowest BCUT2D eigenvalue weighted by molar-refractivity contribution is 0.0476. The molecule has 1 aromatic heterocycles. The van der Waals surface area contributed by atoms with E-state index >= 15 is 0 Å². The van der Waals surface area contributed by atoms with Crippen molar-refractivity contribution in [3.8, 4) is 11.5 Å². The fourth-order valence-electron chi connectivity index (χ4n) is 5.17. The van der Waals surface area contributed by atoms with Crippen LogP contribution >= 0.6 is 0 Å². The second-order valence-corrected chi connectivity index (χ2v) is 9.13. The first-order chi connectivity index (χ1) is 15.2. The Morgan fingerprint density at radius 1 is 1.00 bits per heavy atom. The SMILES string of the molecule is CCn1cc(CN2CCCC(N3CCN(Cc4ccc5c(c4)OCO5)CC3)C2)c(C)n1. The minimum atomic E-state index is 0.344. The summed E-state index contributed by atoms with van der Waals surface area (Å²) in [6.07, 6.45) is 4.85. The molecule has 4 heterocycles. The third-order valence-electron chi connectivity index (χ3n) is 7.01. The lowest BCUT2D eigenvalue weighted by Gasteiger charge is -2.43. The first-order valence-electron chi connectivity index (χ1n) is 11.8. The van der Waals surface area contributed by atoms with Gasteiger partial charge < -0.3 is 9.47 Å². The zero-order valence-corrected chi connectivity index (χ0v) is 18.9. The third kappa shape index (κ3) is 4.73. The number of nitrogens with zero attached hydrogens (tertiary/aromatic N) is 5. The molecule has 2 fully saturated rings. The molecule has 7 heteroatoms. The zero-order valence-electron chi connectivity index (χ0n) is 18.9. The number of hydrogen-bond acceptors (Lipinski definition) is 6. The van der Waals surface area contributed by atoms with Crippen LogP contribution in [0.4, 0.5) is 0 Å². The first-order valence-corrected chi connectivity index (χ1v) is 11.8. The molecule has 0 saturated carbocycles. The molecule has 1 aromatic carbocycles. The molecule has 0 N–H and O–H groups in total. The summed E-state index contributed by atoms with van der Waals surface area (Å²) < 4.78 is 13.0. The van der Waals surface area contributed by atoms with Gasteiger partial charge in [0.05, 0.1) is 5.69 Å². The van der Waals surface area contributed by atoms with Crippen LogP contribution in [0.1, 0.15) is 36.6 Å². The van der Waals surface area contributed by atoms with Crippen molar-refractivity contribution in [3.63, 3.8) is 0 Å². The summed E-state index contributed by atoms with van der Waals surface area (Å²) in [7, 11) is 0. The van der Waals surface area contributed by atoms with Gasteiger partial charge in [-0.3, -0.25) is 19.4 Å². The van der Waals surface area contributed by atoms with E-state index < -0.39 is 0 Å². The first kappa shape index (κ1) is 20.8. The van der Waals surface area contributed by atoms with Crippen molar-refractivity contribution in [1.29, 1.82) is 0 Å². The van der Waals surface area contributed by atoms with E-state index in [4.69, 9.17) is 9.47 Å². The maximum atomic E-state index is 5.53. The van der Waals surface area contributed by atoms with E-state index in [2.05, 4.69) is 56.7 Å². The van der Waals surface area contributed by atoms with Gasteiger partial charge in [-0.15, -0.1) is 0 Å². The normalized spacial score (nSPS) is 22.8. The lowest BCUT2D eigenvalue weighted by Crippen LogP contribution is -2.54. The molecule has 5 rings (SSSR count). The molecule has 31 heavy (non-hydrogen) atoms. The van der Waals surface area contributed by atoms with E-state index in [1.165, 1.54) is 42.8 Å². The number of rotatable bonds is 6. The maximum Gasteiger partial charge on any atom is 0.231 e. The van der Waals surface area contributed by atoms with Gasteiger partial charge in [-0.05, 0) is 50.9 Å². The van der Waals surface area contributed by atoms with Gasteiger partial charge in [0, 0.05) is 70.2 Å². The van der Waals surface area contributed by atoms with Crippen LogP contribution in [-0.4, -0.2) is 76.6 Å². The molecule has 7 nitrogen and oxygen atoms in total. The standard InChI is InChI=1S/C24H35N5O2/c1-3-29-16-21(19(2)25-29)15-27-8-4-5-22(17-27)28-11-9-26(10-12-28)14-20-6-7-23-24(13-20)31-18-30-23/h6-7,13,16,22H,3-5,8-12,14-15,17-18H2,1-2H3. The minimum absolute atomic E-state index is 0.344. The number of aromatic nitrogens is 2. The number of ether oxygens (including phenoxy) is 2. The number of aryl methyl sites for hydroxylation is 2. The molecule has 2 aromatic rings. The molecule has 3 aliphatic heterocycles. The molecule has 0 aliphatic carbocycles. The Balaban J connectivity index is 1.12. The largest absolute Gasteiger partial charge is 0.454 e. The average Bonchev–Trinajstić information content (AvgIpc) is 3.40. The van der Waals surface area contributed by atoms with Crippen molar-refractivity contribution in [2.24, 2.45) is 0 Å². The topological polar surface area (TPSA) is 46.0 Å². The Hall–Kier alpha value is -2.09. The molecule has 0 radical (unpaired) electrons. The number of piperazine rings is 1. The van der Waals surface area contributed by atoms with Gasteiger partial charge in [-0.2, -0.15) is 5.10 Å². The monoisotopic (exact) mass is 425 g/mol. The second kappa shape index (κ2) is 9.18. The Labute approximate surface area is 185 Å². The van der Waals surface area contributed by atoms with E-state index in [1.54, 1.807) is 0 Å². The van der Waals surface area contributed by atoms with Crippen LogP contribution in [0.2, 0.25) is 0 Å². The van der Waals surface area contributed by atoms with Crippen molar-refractivity contribution in [3.05, 3.63) is 41.2 Å². The van der Waals surface area contributed by atoms with E-state index in [-0.39, 0.29) is 0 Å². The van der Waals surface area contributed by atoms with Crippen LogP contribution in [-0.2, 0) is 19.6 Å². The van der Waals surface area contributed by atoms with Gasteiger partial charge in [0.1, 0.15) is 0 Å². The smallest absolute Gasteiger partial charge is 0.231 e. The number of likely N-dealkylation sites (tertiary alicyclic amines) is 1. The molecule has 168 valence electrons. The third-order valence-corrected chi connectivity index (χ3v) is 7.01. The molecule has 1 unspecified atom stereocenters. The molecule has 0 spiro atoms. The second-order valence-electron chi connectivity index (χ2n) is 9.13. The van der Waals surface area contributed by atoms with Crippen LogP contribution in [0.15, 0.2) is 24.4 Å². The van der Waals surface area contributed by atoms with Gasteiger partial charge in [0.25, 0.3) is 0 Å². The van der Waals surface area contributed by atoms with E-state index in [1.807, 2.05) is 6.07 Å². The highest BCUT2D eigenvalue weighted by atomic mass is 16.7. The summed E-state index contributed by atoms with van der Waals surface area (Å²) >= 11 is 0. The van der Waals surface area contributed by atoms with Gasteiger partial charge in [0.15, 0.2) is 11.5 Å². The van der Waals surface area contributed by atoms with Crippen molar-refractivity contribution in [2.75, 3.05) is 46.1 Å². The summed E-state index contributed by atoms with van der Waals surface area (Å²) in [5, 5.41) is 4.62. The quantitative estimate of drug-likeness (QED) is 0.709. The highest BCUT2D eigenvalue weighted by Gasteiger charge is 2.28. The van der Waals surface area contributed by atoms with Crippen LogP contribution in [0.5, 0.6) is 11.5 Å². The highest BCUT2D eigenvalue weighted by Crippen LogP contribution is 2.33. The Morgan fingerprint density at radius 2 is 1.84 bits per heavy atom. The predicted molar refractivity (Wildman–Crippen MR) is 120 cm³/mol. The average molecular weight is 426 g/mol. The maximum absolute atomic E-state index is 5.53. The number of hydrogen-bond donors (Lipinski definition) is 0. The predicted octanol–water partition coefficient (Wildman–Crippen LogP) is 2.72. The number of benzene rings is 1. The van der Waals surface area contributed by atoms with E-state index in [0.717, 1.165) is 57.3 Å². The summed E-state index contributed by atoms with van der Waals surface area (Å²) in [6.45, 7) is 14.6.